The topological polar surface area (TPSA) is 71.2 Å². The molecule has 1 aliphatic heterocycles. The van der Waals surface area contributed by atoms with Gasteiger partial charge in [0, 0.05) is 26.2 Å². The predicted octanol–water partition coefficient (Wildman–Crippen LogP) is 1.82. The Morgan fingerprint density at radius 2 is 1.67 bits per heavy atom. The summed E-state index contributed by atoms with van der Waals surface area (Å²) in [4.78, 5) is 17.4. The van der Waals surface area contributed by atoms with Crippen molar-refractivity contribution in [3.8, 4) is 0 Å². The standard InChI is InChI=1S/C15H20N6/c1-3-20(4-2)14-17-13(16)18-15(19-14)21-9-11-7-5-6-8-12(11)10-21/h5-8H,3-4,9-10H2,1-2H3,(H2,16,17,18,19). The van der Waals surface area contributed by atoms with Crippen molar-refractivity contribution >= 4 is 17.8 Å². The van der Waals surface area contributed by atoms with Gasteiger partial charge in [0.25, 0.3) is 0 Å². The Kier molecular flexibility index (Phi) is 3.60. The van der Waals surface area contributed by atoms with Crippen LogP contribution in [0.4, 0.5) is 17.8 Å². The Morgan fingerprint density at radius 1 is 1.05 bits per heavy atom. The van der Waals surface area contributed by atoms with Gasteiger partial charge < -0.3 is 15.5 Å². The quantitative estimate of drug-likeness (QED) is 0.923. The molecule has 0 saturated heterocycles. The van der Waals surface area contributed by atoms with E-state index in [1.54, 1.807) is 0 Å². The first-order chi connectivity index (χ1) is 10.2. The third-order valence-corrected chi connectivity index (χ3v) is 3.80. The number of nitrogen functional groups attached to an aromatic ring is 1. The predicted molar refractivity (Wildman–Crippen MR) is 84.1 cm³/mol. The van der Waals surface area contributed by atoms with Crippen LogP contribution in [0.15, 0.2) is 24.3 Å². The van der Waals surface area contributed by atoms with Crippen LogP contribution < -0.4 is 15.5 Å². The molecule has 0 unspecified atom stereocenters. The second-order valence-corrected chi connectivity index (χ2v) is 5.09. The molecule has 0 saturated carbocycles. The Balaban J connectivity index is 1.90. The van der Waals surface area contributed by atoms with Gasteiger partial charge >= 0.3 is 0 Å². The van der Waals surface area contributed by atoms with Gasteiger partial charge in [0.2, 0.25) is 17.8 Å². The fourth-order valence-corrected chi connectivity index (χ4v) is 2.63. The Labute approximate surface area is 124 Å². The van der Waals surface area contributed by atoms with Gasteiger partial charge in [0.15, 0.2) is 0 Å². The van der Waals surface area contributed by atoms with Crippen molar-refractivity contribution in [3.63, 3.8) is 0 Å². The third-order valence-electron chi connectivity index (χ3n) is 3.80. The first-order valence-corrected chi connectivity index (χ1v) is 7.29. The van der Waals surface area contributed by atoms with E-state index in [9.17, 15) is 0 Å². The highest BCUT2D eigenvalue weighted by atomic mass is 15.4. The van der Waals surface area contributed by atoms with Crippen LogP contribution in [-0.4, -0.2) is 28.0 Å². The largest absolute Gasteiger partial charge is 0.368 e. The van der Waals surface area contributed by atoms with Crippen LogP contribution in [0.3, 0.4) is 0 Å². The molecule has 0 spiro atoms. The first-order valence-electron chi connectivity index (χ1n) is 7.29. The summed E-state index contributed by atoms with van der Waals surface area (Å²) in [5.41, 5.74) is 8.50. The SMILES string of the molecule is CCN(CC)c1nc(N)nc(N2Cc3ccccc3C2)n1. The summed E-state index contributed by atoms with van der Waals surface area (Å²) in [7, 11) is 0. The lowest BCUT2D eigenvalue weighted by Crippen LogP contribution is -2.27. The summed E-state index contributed by atoms with van der Waals surface area (Å²) >= 11 is 0. The zero-order valence-electron chi connectivity index (χ0n) is 12.5. The van der Waals surface area contributed by atoms with Crippen LogP contribution >= 0.6 is 0 Å². The van der Waals surface area contributed by atoms with E-state index >= 15 is 0 Å². The summed E-state index contributed by atoms with van der Waals surface area (Å²) in [6, 6.07) is 8.41. The fourth-order valence-electron chi connectivity index (χ4n) is 2.63. The van der Waals surface area contributed by atoms with Crippen molar-refractivity contribution in [3.05, 3.63) is 35.4 Å². The summed E-state index contributed by atoms with van der Waals surface area (Å²) in [6.45, 7) is 7.48. The highest BCUT2D eigenvalue weighted by Crippen LogP contribution is 2.26. The van der Waals surface area contributed by atoms with Crippen LogP contribution in [0.25, 0.3) is 0 Å². The summed E-state index contributed by atoms with van der Waals surface area (Å²) in [5.74, 6) is 1.58. The van der Waals surface area contributed by atoms with E-state index in [4.69, 9.17) is 5.73 Å². The molecule has 0 aliphatic carbocycles. The van der Waals surface area contributed by atoms with E-state index in [1.165, 1.54) is 11.1 Å². The number of aromatic nitrogens is 3. The number of hydrogen-bond donors (Lipinski definition) is 1. The molecule has 0 radical (unpaired) electrons. The maximum absolute atomic E-state index is 5.86. The highest BCUT2D eigenvalue weighted by molar-refractivity contribution is 5.48. The summed E-state index contributed by atoms with van der Waals surface area (Å²) < 4.78 is 0. The maximum Gasteiger partial charge on any atom is 0.232 e. The van der Waals surface area contributed by atoms with Crippen molar-refractivity contribution in [1.82, 2.24) is 15.0 Å². The van der Waals surface area contributed by atoms with Gasteiger partial charge in [-0.1, -0.05) is 24.3 Å². The van der Waals surface area contributed by atoms with Crippen molar-refractivity contribution in [2.45, 2.75) is 26.9 Å². The molecule has 1 aromatic carbocycles. The van der Waals surface area contributed by atoms with Crippen molar-refractivity contribution < 1.29 is 0 Å². The van der Waals surface area contributed by atoms with Crippen LogP contribution in [0, 0.1) is 0 Å². The lowest BCUT2D eigenvalue weighted by molar-refractivity contribution is 0.781. The Hall–Kier alpha value is -2.37. The van der Waals surface area contributed by atoms with Gasteiger partial charge in [-0.15, -0.1) is 0 Å². The summed E-state index contributed by atoms with van der Waals surface area (Å²) in [6.07, 6.45) is 0. The van der Waals surface area contributed by atoms with Crippen LogP contribution in [0.5, 0.6) is 0 Å². The zero-order chi connectivity index (χ0) is 14.8. The molecule has 2 aromatic rings. The molecule has 110 valence electrons. The number of anilines is 3. The summed E-state index contributed by atoms with van der Waals surface area (Å²) in [5, 5.41) is 0. The highest BCUT2D eigenvalue weighted by Gasteiger charge is 2.22. The molecule has 1 aromatic heterocycles. The lowest BCUT2D eigenvalue weighted by Gasteiger charge is -2.21. The van der Waals surface area contributed by atoms with E-state index in [2.05, 4.69) is 62.9 Å². The van der Waals surface area contributed by atoms with Crippen LogP contribution in [0.1, 0.15) is 25.0 Å². The van der Waals surface area contributed by atoms with Gasteiger partial charge in [0.1, 0.15) is 0 Å². The van der Waals surface area contributed by atoms with Crippen LogP contribution in [-0.2, 0) is 13.1 Å². The molecule has 1 aliphatic rings. The molecule has 0 amide bonds. The minimum atomic E-state index is 0.276. The van der Waals surface area contributed by atoms with Gasteiger partial charge in [-0.2, -0.15) is 15.0 Å². The molecular weight excluding hydrogens is 264 g/mol. The van der Waals surface area contributed by atoms with E-state index < -0.39 is 0 Å². The molecule has 6 heteroatoms. The number of fused-ring (bicyclic) bond motifs is 1. The Morgan fingerprint density at radius 3 is 2.24 bits per heavy atom. The molecule has 0 atom stereocenters. The minimum absolute atomic E-state index is 0.276. The second kappa shape index (κ2) is 5.55. The second-order valence-electron chi connectivity index (χ2n) is 5.09. The number of nitrogens with zero attached hydrogens (tertiary/aromatic N) is 5. The molecule has 21 heavy (non-hydrogen) atoms. The van der Waals surface area contributed by atoms with Gasteiger partial charge in [-0.05, 0) is 25.0 Å². The maximum atomic E-state index is 5.86. The van der Waals surface area contributed by atoms with E-state index in [0.29, 0.717) is 11.9 Å². The monoisotopic (exact) mass is 284 g/mol. The molecule has 2 heterocycles. The molecule has 3 rings (SSSR count). The van der Waals surface area contributed by atoms with Gasteiger partial charge in [0.05, 0.1) is 0 Å². The van der Waals surface area contributed by atoms with E-state index in [1.807, 2.05) is 0 Å². The average molecular weight is 284 g/mol. The molecule has 2 N–H and O–H groups in total. The molecule has 6 nitrogen and oxygen atoms in total. The lowest BCUT2D eigenvalue weighted by atomic mass is 10.1. The average Bonchev–Trinajstić information content (AvgIpc) is 2.92. The Bertz CT molecular complexity index is 613. The van der Waals surface area contributed by atoms with E-state index in [-0.39, 0.29) is 5.95 Å². The molecule has 0 fully saturated rings. The number of hydrogen-bond acceptors (Lipinski definition) is 6. The van der Waals surface area contributed by atoms with Crippen molar-refractivity contribution in [2.75, 3.05) is 28.6 Å². The van der Waals surface area contributed by atoms with E-state index in [0.717, 1.165) is 26.2 Å². The molecular formula is C15H20N6. The zero-order valence-corrected chi connectivity index (χ0v) is 12.5. The number of nitrogens with two attached hydrogens (primary N) is 1. The van der Waals surface area contributed by atoms with Gasteiger partial charge in [-0.25, -0.2) is 0 Å². The fraction of sp³-hybridized carbons (Fsp3) is 0.400. The molecule has 0 bridgehead atoms. The van der Waals surface area contributed by atoms with Gasteiger partial charge in [-0.3, -0.25) is 0 Å². The van der Waals surface area contributed by atoms with Crippen molar-refractivity contribution in [2.24, 2.45) is 0 Å². The smallest absolute Gasteiger partial charge is 0.232 e. The van der Waals surface area contributed by atoms with Crippen LogP contribution in [0.2, 0.25) is 0 Å². The minimum Gasteiger partial charge on any atom is -0.368 e. The first kappa shape index (κ1) is 13.6. The number of benzene rings is 1. The normalized spacial score (nSPS) is 13.3. The van der Waals surface area contributed by atoms with Crippen molar-refractivity contribution in [1.29, 1.82) is 0 Å². The third kappa shape index (κ3) is 2.61. The number of rotatable bonds is 4.